The molecule has 0 amide bonds. The highest BCUT2D eigenvalue weighted by Crippen LogP contribution is 2.38. The molecule has 0 saturated carbocycles. The molecule has 5 nitrogen and oxygen atoms in total. The molecule has 0 aromatic heterocycles. The second-order valence-electron chi connectivity index (χ2n) is 5.18. The van der Waals surface area contributed by atoms with Gasteiger partial charge in [-0.15, -0.1) is 11.8 Å². The van der Waals surface area contributed by atoms with E-state index in [1.165, 1.54) is 17.3 Å². The zero-order chi connectivity index (χ0) is 16.0. The average Bonchev–Trinajstić information content (AvgIpc) is 2.51. The third-order valence-corrected chi connectivity index (χ3v) is 5.06. The molecule has 1 aromatic rings. The minimum Gasteiger partial charge on any atom is -0.396 e. The Hall–Kier alpha value is -1.63. The van der Waals surface area contributed by atoms with Crippen molar-refractivity contribution in [3.63, 3.8) is 0 Å². The fraction of sp³-hybridized carbons (Fsp3) is 0.375. The molecule has 1 aliphatic carbocycles. The number of nitro groups is 1. The van der Waals surface area contributed by atoms with Gasteiger partial charge in [-0.3, -0.25) is 10.1 Å². The summed E-state index contributed by atoms with van der Waals surface area (Å²) in [6, 6.07) is 7.99. The first-order chi connectivity index (χ1) is 10.6. The van der Waals surface area contributed by atoms with Gasteiger partial charge in [-0.1, -0.05) is 30.4 Å². The van der Waals surface area contributed by atoms with Crippen LogP contribution in [0.15, 0.2) is 53.5 Å². The zero-order valence-corrected chi connectivity index (χ0v) is 13.3. The zero-order valence-electron chi connectivity index (χ0n) is 12.4. The monoisotopic (exact) mass is 320 g/mol. The van der Waals surface area contributed by atoms with Crippen LogP contribution in [-0.4, -0.2) is 34.5 Å². The Balaban J connectivity index is 2.20. The molecular formula is C16H20N2O3S. The summed E-state index contributed by atoms with van der Waals surface area (Å²) in [6.07, 6.45) is 7.05. The molecule has 2 atom stereocenters. The van der Waals surface area contributed by atoms with E-state index in [0.29, 0.717) is 0 Å². The van der Waals surface area contributed by atoms with Crippen LogP contribution in [0.3, 0.4) is 0 Å². The molecule has 1 aromatic carbocycles. The minimum absolute atomic E-state index is 0.107. The van der Waals surface area contributed by atoms with Crippen LogP contribution in [0.2, 0.25) is 0 Å². The van der Waals surface area contributed by atoms with Crippen molar-refractivity contribution in [2.75, 3.05) is 13.7 Å². The molecule has 0 heterocycles. The summed E-state index contributed by atoms with van der Waals surface area (Å²) >= 11 is 1.46. The third kappa shape index (κ3) is 3.58. The summed E-state index contributed by atoms with van der Waals surface area (Å²) in [5, 5.41) is 23.6. The highest BCUT2D eigenvalue weighted by Gasteiger charge is 2.48. The highest BCUT2D eigenvalue weighted by atomic mass is 32.2. The number of nitrogens with zero attached hydrogens (tertiary/aromatic N) is 1. The summed E-state index contributed by atoms with van der Waals surface area (Å²) in [6.45, 7) is 0.581. The maximum absolute atomic E-state index is 11.6. The number of hydrogen-bond donors (Lipinski definition) is 2. The van der Waals surface area contributed by atoms with E-state index in [9.17, 15) is 15.2 Å². The van der Waals surface area contributed by atoms with Gasteiger partial charge in [0.25, 0.3) is 5.54 Å². The molecule has 2 N–H and O–H groups in total. The molecule has 118 valence electrons. The Morgan fingerprint density at radius 2 is 2.09 bits per heavy atom. The van der Waals surface area contributed by atoms with Crippen LogP contribution in [0, 0.1) is 10.1 Å². The quantitative estimate of drug-likeness (QED) is 0.596. The molecule has 2 unspecified atom stereocenters. The van der Waals surface area contributed by atoms with Crippen molar-refractivity contribution in [3.05, 3.63) is 64.2 Å². The normalized spacial score (nSPS) is 23.6. The van der Waals surface area contributed by atoms with Crippen LogP contribution >= 0.6 is 11.8 Å². The fourth-order valence-electron chi connectivity index (χ4n) is 2.49. The lowest BCUT2D eigenvalue weighted by Crippen LogP contribution is -2.47. The molecule has 0 aliphatic heterocycles. The molecule has 0 fully saturated rings. The van der Waals surface area contributed by atoms with Gasteiger partial charge in [-0.05, 0) is 30.8 Å². The molecule has 1 aliphatic rings. The van der Waals surface area contributed by atoms with E-state index in [-0.39, 0.29) is 23.2 Å². The van der Waals surface area contributed by atoms with E-state index in [2.05, 4.69) is 5.32 Å². The standard InChI is InChI=1S/C16H20N2O3S/c1-17-12-13-5-7-14(8-6-13)22-15-4-2-3-9-16(15,10-11-19)18(20)21/h2-9,15,17,19H,10-12H2,1H3. The topological polar surface area (TPSA) is 75.4 Å². The van der Waals surface area contributed by atoms with Crippen molar-refractivity contribution in [1.29, 1.82) is 0 Å². The Bertz CT molecular complexity index is 571. The smallest absolute Gasteiger partial charge is 0.258 e. The number of allylic oxidation sites excluding steroid dienone is 2. The predicted molar refractivity (Wildman–Crippen MR) is 88.6 cm³/mol. The second-order valence-corrected chi connectivity index (χ2v) is 6.39. The Kier molecular flexibility index (Phi) is 5.76. The highest BCUT2D eigenvalue weighted by molar-refractivity contribution is 8.00. The minimum atomic E-state index is -1.25. The van der Waals surface area contributed by atoms with Gasteiger partial charge in [0.05, 0.1) is 6.61 Å². The molecule has 0 bridgehead atoms. The van der Waals surface area contributed by atoms with Gasteiger partial charge >= 0.3 is 0 Å². The summed E-state index contributed by atoms with van der Waals surface area (Å²) < 4.78 is 0. The van der Waals surface area contributed by atoms with Crippen LogP contribution in [0.5, 0.6) is 0 Å². The summed E-state index contributed by atoms with van der Waals surface area (Å²) in [7, 11) is 1.89. The number of benzene rings is 1. The first-order valence-corrected chi connectivity index (χ1v) is 8.02. The number of rotatable bonds is 7. The van der Waals surface area contributed by atoms with Crippen LogP contribution in [0.4, 0.5) is 0 Å². The van der Waals surface area contributed by atoms with Gasteiger partial charge in [0, 0.05) is 22.8 Å². The van der Waals surface area contributed by atoms with Crippen LogP contribution in [-0.2, 0) is 6.54 Å². The predicted octanol–water partition coefficient (Wildman–Crippen LogP) is 2.39. The molecule has 0 saturated heterocycles. The number of aliphatic hydroxyl groups excluding tert-OH is 1. The van der Waals surface area contributed by atoms with Crippen molar-refractivity contribution < 1.29 is 10.0 Å². The van der Waals surface area contributed by atoms with E-state index >= 15 is 0 Å². The van der Waals surface area contributed by atoms with Gasteiger partial charge in [-0.25, -0.2) is 0 Å². The lowest BCUT2D eigenvalue weighted by molar-refractivity contribution is -0.554. The van der Waals surface area contributed by atoms with Crippen LogP contribution in [0.1, 0.15) is 12.0 Å². The number of nitrogens with one attached hydrogen (secondary N) is 1. The van der Waals surface area contributed by atoms with Gasteiger partial charge in [0.2, 0.25) is 0 Å². The summed E-state index contributed by atoms with van der Waals surface area (Å²) in [4.78, 5) is 12.3. The first kappa shape index (κ1) is 16.7. The van der Waals surface area contributed by atoms with Gasteiger partial charge in [0.1, 0.15) is 5.25 Å². The SMILES string of the molecule is CNCc1ccc(SC2C=CC=CC2(CCO)[N+](=O)[O-])cc1. The van der Waals surface area contributed by atoms with Crippen molar-refractivity contribution in [2.24, 2.45) is 0 Å². The van der Waals surface area contributed by atoms with Crippen molar-refractivity contribution >= 4 is 11.8 Å². The van der Waals surface area contributed by atoms with Crippen molar-refractivity contribution in [1.82, 2.24) is 5.32 Å². The molecular weight excluding hydrogens is 300 g/mol. The Labute approximate surface area is 134 Å². The van der Waals surface area contributed by atoms with E-state index in [4.69, 9.17) is 0 Å². The largest absolute Gasteiger partial charge is 0.396 e. The van der Waals surface area contributed by atoms with E-state index in [1.807, 2.05) is 43.5 Å². The maximum Gasteiger partial charge on any atom is 0.258 e. The van der Waals surface area contributed by atoms with Gasteiger partial charge in [0.15, 0.2) is 0 Å². The molecule has 2 rings (SSSR count). The lowest BCUT2D eigenvalue weighted by atomic mass is 9.88. The summed E-state index contributed by atoms with van der Waals surface area (Å²) in [5.41, 5.74) is -0.0838. The van der Waals surface area contributed by atoms with Crippen molar-refractivity contribution in [3.8, 4) is 0 Å². The molecule has 0 spiro atoms. The van der Waals surface area contributed by atoms with Gasteiger partial charge < -0.3 is 10.4 Å². The van der Waals surface area contributed by atoms with Gasteiger partial charge in [-0.2, -0.15) is 0 Å². The molecule has 22 heavy (non-hydrogen) atoms. The van der Waals surface area contributed by atoms with E-state index in [1.54, 1.807) is 12.2 Å². The second kappa shape index (κ2) is 7.58. The Morgan fingerprint density at radius 1 is 1.36 bits per heavy atom. The lowest BCUT2D eigenvalue weighted by Gasteiger charge is -2.29. The van der Waals surface area contributed by atoms with E-state index in [0.717, 1.165) is 11.4 Å². The first-order valence-electron chi connectivity index (χ1n) is 7.14. The van der Waals surface area contributed by atoms with E-state index < -0.39 is 5.54 Å². The number of thioether (sulfide) groups is 1. The van der Waals surface area contributed by atoms with Crippen LogP contribution < -0.4 is 5.32 Å². The fourth-order valence-corrected chi connectivity index (χ4v) is 3.73. The number of hydrogen-bond acceptors (Lipinski definition) is 5. The Morgan fingerprint density at radius 3 is 2.68 bits per heavy atom. The van der Waals surface area contributed by atoms with Crippen molar-refractivity contribution in [2.45, 2.75) is 28.6 Å². The summed E-state index contributed by atoms with van der Waals surface area (Å²) in [5.74, 6) is 0. The molecule has 0 radical (unpaired) electrons. The molecule has 6 heteroatoms. The average molecular weight is 320 g/mol. The van der Waals surface area contributed by atoms with Crippen LogP contribution in [0.25, 0.3) is 0 Å². The number of aliphatic hydroxyl groups is 1. The maximum atomic E-state index is 11.6. The third-order valence-electron chi connectivity index (χ3n) is 3.69.